The van der Waals surface area contributed by atoms with Crippen LogP contribution in [0.4, 0.5) is 5.69 Å². The lowest BCUT2D eigenvalue weighted by Gasteiger charge is -2.11. The number of rotatable bonds is 5. The van der Waals surface area contributed by atoms with Crippen LogP contribution in [0.25, 0.3) is 0 Å². The summed E-state index contributed by atoms with van der Waals surface area (Å²) in [5.41, 5.74) is 4.25. The van der Waals surface area contributed by atoms with Crippen LogP contribution < -0.4 is 10.7 Å². The van der Waals surface area contributed by atoms with Gasteiger partial charge in [-0.1, -0.05) is 44.0 Å². The van der Waals surface area contributed by atoms with Crippen molar-refractivity contribution in [3.63, 3.8) is 0 Å². The van der Waals surface area contributed by atoms with Crippen LogP contribution in [0.2, 0.25) is 0 Å². The highest BCUT2D eigenvalue weighted by Gasteiger charge is 2.66. The molecule has 1 saturated carbocycles. The summed E-state index contributed by atoms with van der Waals surface area (Å²) in [6.45, 7) is 5.46. The second kappa shape index (κ2) is 7.24. The van der Waals surface area contributed by atoms with Crippen molar-refractivity contribution in [2.75, 3.05) is 5.32 Å². The highest BCUT2D eigenvalue weighted by Crippen LogP contribution is 2.66. The van der Waals surface area contributed by atoms with Gasteiger partial charge in [0.25, 0.3) is 5.91 Å². The number of hydrogen-bond donors (Lipinski definition) is 2. The number of alkyl halides is 2. The fraction of sp³-hybridized carbons (Fsp3) is 0.316. The first-order valence-electron chi connectivity index (χ1n) is 8.33. The normalized spacial score (nSPS) is 20.9. The second-order valence-electron chi connectivity index (χ2n) is 6.79. The van der Waals surface area contributed by atoms with Gasteiger partial charge in [-0.25, -0.2) is 5.43 Å². The van der Waals surface area contributed by atoms with Crippen LogP contribution in [0, 0.1) is 12.3 Å². The van der Waals surface area contributed by atoms with Crippen molar-refractivity contribution in [1.82, 2.24) is 5.43 Å². The third-order valence-electron chi connectivity index (χ3n) is 4.61. The van der Waals surface area contributed by atoms with E-state index in [-0.39, 0.29) is 20.8 Å². The van der Waals surface area contributed by atoms with E-state index in [0.29, 0.717) is 23.6 Å². The SMILES string of the molecule is C/C(=N/NC(=O)[C@@]1(C)CC1(Br)Br)c1ccc(NC(=O)c2ccc(C)o2)cc1. The quantitative estimate of drug-likeness (QED) is 0.361. The number of hydrazone groups is 1. The largest absolute Gasteiger partial charge is 0.456 e. The van der Waals surface area contributed by atoms with Gasteiger partial charge in [-0.2, -0.15) is 5.10 Å². The van der Waals surface area contributed by atoms with Gasteiger partial charge in [-0.05, 0) is 57.0 Å². The van der Waals surface area contributed by atoms with Crippen molar-refractivity contribution in [2.45, 2.75) is 30.4 Å². The van der Waals surface area contributed by atoms with Gasteiger partial charge in [0.05, 0.1) is 14.4 Å². The fourth-order valence-corrected chi connectivity index (χ4v) is 3.99. The van der Waals surface area contributed by atoms with Gasteiger partial charge in [0.15, 0.2) is 5.76 Å². The number of carbonyl (C=O) groups is 2. The van der Waals surface area contributed by atoms with Crippen LogP contribution in [-0.2, 0) is 4.79 Å². The number of amides is 2. The summed E-state index contributed by atoms with van der Waals surface area (Å²) >= 11 is 6.95. The topological polar surface area (TPSA) is 83.7 Å². The first kappa shape index (κ1) is 19.8. The van der Waals surface area contributed by atoms with E-state index in [2.05, 4.69) is 47.7 Å². The van der Waals surface area contributed by atoms with Crippen molar-refractivity contribution in [1.29, 1.82) is 0 Å². The smallest absolute Gasteiger partial charge is 0.291 e. The van der Waals surface area contributed by atoms with Crippen LogP contribution >= 0.6 is 31.9 Å². The van der Waals surface area contributed by atoms with Crippen LogP contribution in [0.5, 0.6) is 0 Å². The van der Waals surface area contributed by atoms with Crippen LogP contribution in [0.15, 0.2) is 45.9 Å². The van der Waals surface area contributed by atoms with Crippen molar-refractivity contribution in [3.05, 3.63) is 53.5 Å². The molecule has 142 valence electrons. The van der Waals surface area contributed by atoms with E-state index in [9.17, 15) is 9.59 Å². The van der Waals surface area contributed by atoms with Gasteiger partial charge in [0, 0.05) is 5.69 Å². The molecule has 2 N–H and O–H groups in total. The molecule has 6 nitrogen and oxygen atoms in total. The standard InChI is InChI=1S/C19H19Br2N3O3/c1-11-4-9-15(27-11)16(25)22-14-7-5-13(6-8-14)12(2)23-24-17(26)18(3)10-19(18,20)21/h4-9H,10H2,1-3H3,(H,22,25)(H,24,26)/b23-12-/t18-/m1/s1. The number of aryl methyl sites for hydroxylation is 1. The highest BCUT2D eigenvalue weighted by molar-refractivity contribution is 9.25. The van der Waals surface area contributed by atoms with Gasteiger partial charge in [-0.15, -0.1) is 0 Å². The number of carbonyl (C=O) groups excluding carboxylic acids is 2. The molecule has 1 aromatic heterocycles. The third kappa shape index (κ3) is 4.16. The Hall–Kier alpha value is -1.93. The summed E-state index contributed by atoms with van der Waals surface area (Å²) in [6.07, 6.45) is 0.698. The zero-order valence-corrected chi connectivity index (χ0v) is 18.3. The maximum absolute atomic E-state index is 12.3. The minimum absolute atomic E-state index is 0.145. The van der Waals surface area contributed by atoms with Crippen LogP contribution in [-0.4, -0.2) is 20.8 Å². The Bertz CT molecular complexity index is 919. The van der Waals surface area contributed by atoms with Gasteiger partial charge in [0.1, 0.15) is 5.76 Å². The zero-order valence-electron chi connectivity index (χ0n) is 15.1. The van der Waals surface area contributed by atoms with E-state index in [4.69, 9.17) is 4.42 Å². The molecule has 3 rings (SSSR count). The molecule has 0 radical (unpaired) electrons. The molecule has 0 bridgehead atoms. The van der Waals surface area contributed by atoms with E-state index in [1.165, 1.54) is 0 Å². The maximum atomic E-state index is 12.3. The van der Waals surface area contributed by atoms with E-state index >= 15 is 0 Å². The molecule has 2 amide bonds. The summed E-state index contributed by atoms with van der Waals surface area (Å²) in [7, 11) is 0. The molecule has 0 unspecified atom stereocenters. The molecule has 0 spiro atoms. The first-order valence-corrected chi connectivity index (χ1v) is 9.92. The van der Waals surface area contributed by atoms with Crippen LogP contribution in [0.3, 0.4) is 0 Å². The van der Waals surface area contributed by atoms with Gasteiger partial charge in [0.2, 0.25) is 5.91 Å². The van der Waals surface area contributed by atoms with Crippen molar-refractivity contribution >= 4 is 55.1 Å². The summed E-state index contributed by atoms with van der Waals surface area (Å²) in [5.74, 6) is 0.495. The summed E-state index contributed by atoms with van der Waals surface area (Å²) in [5, 5.41) is 6.95. The molecule has 1 aliphatic rings. The molecule has 0 saturated heterocycles. The van der Waals surface area contributed by atoms with E-state index in [0.717, 1.165) is 5.56 Å². The predicted octanol–water partition coefficient (Wildman–Crippen LogP) is 4.58. The number of halogens is 2. The molecule has 8 heteroatoms. The van der Waals surface area contributed by atoms with Crippen LogP contribution in [0.1, 0.15) is 42.1 Å². The lowest BCUT2D eigenvalue weighted by atomic mass is 10.1. The zero-order chi connectivity index (χ0) is 19.8. The Balaban J connectivity index is 1.61. The third-order valence-corrected chi connectivity index (χ3v) is 6.92. The lowest BCUT2D eigenvalue weighted by molar-refractivity contribution is -0.125. The molecule has 27 heavy (non-hydrogen) atoms. The Morgan fingerprint density at radius 1 is 1.15 bits per heavy atom. The molecule has 1 fully saturated rings. The minimum Gasteiger partial charge on any atom is -0.456 e. The maximum Gasteiger partial charge on any atom is 0.291 e. The summed E-state index contributed by atoms with van der Waals surface area (Å²) in [6, 6.07) is 10.6. The monoisotopic (exact) mass is 495 g/mol. The molecular formula is C19H19Br2N3O3. The van der Waals surface area contributed by atoms with E-state index < -0.39 is 5.41 Å². The molecule has 1 aliphatic carbocycles. The number of nitrogens with one attached hydrogen (secondary N) is 2. The molecule has 1 atom stereocenters. The van der Waals surface area contributed by atoms with E-state index in [1.807, 2.05) is 26.0 Å². The number of furan rings is 1. The molecule has 0 aliphatic heterocycles. The first-order chi connectivity index (χ1) is 12.6. The lowest BCUT2D eigenvalue weighted by Crippen LogP contribution is -2.30. The second-order valence-corrected chi connectivity index (χ2v) is 10.6. The Morgan fingerprint density at radius 3 is 2.30 bits per heavy atom. The van der Waals surface area contributed by atoms with Crippen molar-refractivity contribution < 1.29 is 14.0 Å². The Labute approximate surface area is 174 Å². The average Bonchev–Trinajstić information content (AvgIpc) is 2.94. The number of benzene rings is 1. The summed E-state index contributed by atoms with van der Waals surface area (Å²) in [4.78, 5) is 24.3. The number of anilines is 1. The highest BCUT2D eigenvalue weighted by atomic mass is 79.9. The van der Waals surface area contributed by atoms with E-state index in [1.54, 1.807) is 31.2 Å². The Morgan fingerprint density at radius 2 is 1.78 bits per heavy atom. The molecule has 1 heterocycles. The van der Waals surface area contributed by atoms with Crippen molar-refractivity contribution in [2.24, 2.45) is 10.5 Å². The van der Waals surface area contributed by atoms with Gasteiger partial charge < -0.3 is 9.73 Å². The minimum atomic E-state index is -0.519. The number of nitrogens with zero attached hydrogens (tertiary/aromatic N) is 1. The van der Waals surface area contributed by atoms with Gasteiger partial charge in [-0.3, -0.25) is 9.59 Å². The predicted molar refractivity (Wildman–Crippen MR) is 112 cm³/mol. The molecule has 2 aromatic rings. The molecular weight excluding hydrogens is 478 g/mol. The van der Waals surface area contributed by atoms with Gasteiger partial charge >= 0.3 is 0 Å². The Kier molecular flexibility index (Phi) is 5.31. The fourth-order valence-electron chi connectivity index (χ4n) is 2.51. The average molecular weight is 497 g/mol. The van der Waals surface area contributed by atoms with Crippen molar-refractivity contribution in [3.8, 4) is 0 Å². The summed E-state index contributed by atoms with van der Waals surface area (Å²) < 4.78 is 4.95. The number of hydrogen-bond acceptors (Lipinski definition) is 4. The molecule has 1 aromatic carbocycles.